The smallest absolute Gasteiger partial charge is 0.387 e. The maximum atomic E-state index is 13.9. The van der Waals surface area contributed by atoms with Crippen molar-refractivity contribution in [1.29, 1.82) is 0 Å². The quantitative estimate of drug-likeness (QED) is 0.463. The van der Waals surface area contributed by atoms with Crippen LogP contribution in [0.15, 0.2) is 35.3 Å². The minimum absolute atomic E-state index is 0.0282. The lowest BCUT2D eigenvalue weighted by Gasteiger charge is -2.54. The third kappa shape index (κ3) is 6.81. The summed E-state index contributed by atoms with van der Waals surface area (Å²) >= 11 is 0. The molecule has 0 atom stereocenters. The summed E-state index contributed by atoms with van der Waals surface area (Å²) in [5, 5.41) is 4.58. The zero-order valence-electron chi connectivity index (χ0n) is 24.4. The zero-order valence-corrected chi connectivity index (χ0v) is 24.4. The number of hydrogen-bond donors (Lipinski definition) is 1. The Morgan fingerprint density at radius 3 is 2.60 bits per heavy atom. The molecule has 42 heavy (non-hydrogen) atoms. The Bertz CT molecular complexity index is 1470. The molecule has 3 aliphatic rings. The van der Waals surface area contributed by atoms with Crippen LogP contribution >= 0.6 is 0 Å². The Balaban J connectivity index is 1.52. The van der Waals surface area contributed by atoms with E-state index in [4.69, 9.17) is 4.74 Å². The Morgan fingerprint density at radius 1 is 1.24 bits per heavy atom. The molecule has 3 fully saturated rings. The second kappa shape index (κ2) is 13.3. The van der Waals surface area contributed by atoms with E-state index >= 15 is 0 Å². The number of hydrogen-bond acceptors (Lipinski definition) is 6. The summed E-state index contributed by atoms with van der Waals surface area (Å²) in [5.41, 5.74) is 1.50. The van der Waals surface area contributed by atoms with Gasteiger partial charge in [0.05, 0.1) is 25.1 Å². The molecule has 0 radical (unpaired) electrons. The molecule has 1 amide bonds. The van der Waals surface area contributed by atoms with Crippen LogP contribution in [0, 0.1) is 5.41 Å². The first-order valence-electron chi connectivity index (χ1n) is 14.9. The van der Waals surface area contributed by atoms with Crippen molar-refractivity contribution in [2.75, 3.05) is 32.8 Å². The van der Waals surface area contributed by atoms with Crippen LogP contribution in [-0.4, -0.2) is 65.9 Å². The summed E-state index contributed by atoms with van der Waals surface area (Å²) < 4.78 is 36.9. The molecule has 10 heteroatoms. The summed E-state index contributed by atoms with van der Waals surface area (Å²) in [7, 11) is 0. The molecule has 0 bridgehead atoms. The van der Waals surface area contributed by atoms with Crippen LogP contribution in [0.4, 0.5) is 8.78 Å². The van der Waals surface area contributed by atoms with Crippen LogP contribution < -0.4 is 26.2 Å². The Morgan fingerprint density at radius 2 is 2.00 bits per heavy atom. The number of nitrogens with zero attached hydrogens (tertiary/aromatic N) is 3. The van der Waals surface area contributed by atoms with Gasteiger partial charge in [0, 0.05) is 37.6 Å². The van der Waals surface area contributed by atoms with Crippen molar-refractivity contribution in [1.82, 2.24) is 19.8 Å². The second-order valence-corrected chi connectivity index (χ2v) is 11.5. The van der Waals surface area contributed by atoms with E-state index in [1.807, 2.05) is 32.1 Å². The molecule has 1 saturated heterocycles. The average molecular weight is 583 g/mol. The molecule has 2 aromatic heterocycles. The summed E-state index contributed by atoms with van der Waals surface area (Å²) in [6.45, 7) is 4.93. The van der Waals surface area contributed by atoms with Gasteiger partial charge < -0.3 is 19.4 Å². The molecule has 5 rings (SSSR count). The number of carbonyl (C=O) groups excluding carboxylic acids is 1. The van der Waals surface area contributed by atoms with Crippen LogP contribution in [0.3, 0.4) is 0 Å². The monoisotopic (exact) mass is 582 g/mol. The maximum Gasteiger partial charge on any atom is 0.387 e. The molecule has 8 nitrogen and oxygen atoms in total. The number of alkyl halides is 2. The molecule has 3 heterocycles. The molecular weight excluding hydrogens is 542 g/mol. The zero-order chi connectivity index (χ0) is 29.7. The Kier molecular flexibility index (Phi) is 9.53. The van der Waals surface area contributed by atoms with Crippen LogP contribution in [0.5, 0.6) is 5.75 Å². The fraction of sp³-hybridized carbons (Fsp3) is 0.531. The lowest BCUT2D eigenvalue weighted by Crippen LogP contribution is -2.55. The third-order valence-corrected chi connectivity index (χ3v) is 8.74. The fourth-order valence-electron chi connectivity index (χ4n) is 6.32. The number of halogens is 2. The predicted octanol–water partition coefficient (Wildman–Crippen LogP) is 3.31. The van der Waals surface area contributed by atoms with Gasteiger partial charge in [0.15, 0.2) is 0 Å². The van der Waals surface area contributed by atoms with Crippen LogP contribution in [0.25, 0.3) is 17.7 Å². The van der Waals surface area contributed by atoms with Crippen molar-refractivity contribution >= 4 is 23.6 Å². The molecule has 2 aromatic rings. The minimum Gasteiger partial charge on any atom is -0.433 e. The van der Waals surface area contributed by atoms with Gasteiger partial charge in [-0.15, -0.1) is 0 Å². The van der Waals surface area contributed by atoms with Crippen molar-refractivity contribution in [3.8, 4) is 5.75 Å². The van der Waals surface area contributed by atoms with Crippen LogP contribution in [-0.2, 0) is 11.3 Å². The highest BCUT2D eigenvalue weighted by atomic mass is 19.3. The van der Waals surface area contributed by atoms with Crippen molar-refractivity contribution in [2.45, 2.75) is 71.6 Å². The number of ether oxygens (including phenoxy) is 2. The van der Waals surface area contributed by atoms with Gasteiger partial charge in [-0.1, -0.05) is 25.5 Å². The van der Waals surface area contributed by atoms with E-state index < -0.39 is 6.61 Å². The number of allylic oxidation sites excluding steroid dienone is 2. The lowest BCUT2D eigenvalue weighted by molar-refractivity contribution is -0.0500. The summed E-state index contributed by atoms with van der Waals surface area (Å²) in [6.07, 6.45) is 13.4. The number of pyridine rings is 2. The summed E-state index contributed by atoms with van der Waals surface area (Å²) in [4.78, 5) is 34.0. The second-order valence-electron chi connectivity index (χ2n) is 11.5. The van der Waals surface area contributed by atoms with Gasteiger partial charge >= 0.3 is 6.61 Å². The van der Waals surface area contributed by atoms with Crippen molar-refractivity contribution in [3.05, 3.63) is 62.7 Å². The van der Waals surface area contributed by atoms with Gasteiger partial charge in [-0.3, -0.25) is 19.5 Å². The van der Waals surface area contributed by atoms with E-state index in [-0.39, 0.29) is 28.8 Å². The topological polar surface area (TPSA) is 85.7 Å². The standard InChI is InChI=1S/C32H40F2N4O4/c1-3-6-28-23(17-22(4-2)27-8-7-25(21-35-27)42-31(33)34)18-26(29(39)36-24-19-32(20-24)9-5-10-32)30(40)38(28)12-11-37-13-15-41-16-14-37/h4,6-8,17-18,21,24,31H,3,5,9-16,19-20H2,1-2H3,(H,36,39)/b22-4+,23-17-,28-6-. The molecule has 0 unspecified atom stereocenters. The maximum absolute atomic E-state index is 13.9. The van der Waals surface area contributed by atoms with E-state index in [2.05, 4.69) is 19.9 Å². The number of nitrogens with one attached hydrogen (secondary N) is 1. The van der Waals surface area contributed by atoms with Crippen molar-refractivity contribution in [3.63, 3.8) is 0 Å². The van der Waals surface area contributed by atoms with E-state index in [9.17, 15) is 18.4 Å². The summed E-state index contributed by atoms with van der Waals surface area (Å²) in [6, 6.07) is 4.83. The third-order valence-electron chi connectivity index (χ3n) is 8.74. The van der Waals surface area contributed by atoms with Gasteiger partial charge in [0.1, 0.15) is 11.3 Å². The highest BCUT2D eigenvalue weighted by molar-refractivity contribution is 5.94. The van der Waals surface area contributed by atoms with Crippen LogP contribution in [0.1, 0.15) is 68.4 Å². The average Bonchev–Trinajstić information content (AvgIpc) is 2.94. The molecule has 0 aromatic carbocycles. The Hall–Kier alpha value is -3.37. The fourth-order valence-corrected chi connectivity index (χ4v) is 6.32. The van der Waals surface area contributed by atoms with Crippen molar-refractivity contribution in [2.24, 2.45) is 5.41 Å². The number of aromatic nitrogens is 2. The highest BCUT2D eigenvalue weighted by Gasteiger charge is 2.48. The number of rotatable bonds is 10. The molecule has 2 saturated carbocycles. The molecule has 2 aliphatic carbocycles. The van der Waals surface area contributed by atoms with Gasteiger partial charge in [-0.2, -0.15) is 8.78 Å². The largest absolute Gasteiger partial charge is 0.433 e. The number of carbonyl (C=O) groups is 1. The van der Waals surface area contributed by atoms with Gasteiger partial charge in [0.2, 0.25) is 0 Å². The number of morpholine rings is 1. The number of amides is 1. The van der Waals surface area contributed by atoms with E-state index in [1.165, 1.54) is 31.5 Å². The normalized spacial score (nSPS) is 20.1. The predicted molar refractivity (Wildman–Crippen MR) is 158 cm³/mol. The SMILES string of the molecule is C\C=C(/C=c1/cc(C(=O)NC2CC3(CCC3)C2)c(=O)n(CCN2CCOCC2)/c1=C\CC)c1ccc(OC(F)F)cn1. The van der Waals surface area contributed by atoms with E-state index in [0.29, 0.717) is 43.8 Å². The lowest BCUT2D eigenvalue weighted by atomic mass is 9.54. The minimum atomic E-state index is -2.93. The van der Waals surface area contributed by atoms with Crippen LogP contribution in [0.2, 0.25) is 0 Å². The van der Waals surface area contributed by atoms with Gasteiger partial charge in [-0.05, 0) is 79.5 Å². The first-order valence-corrected chi connectivity index (χ1v) is 14.9. The molecule has 226 valence electrons. The molecule has 1 N–H and O–H groups in total. The molecule has 1 aliphatic heterocycles. The first-order chi connectivity index (χ1) is 20.3. The molecule has 1 spiro atoms. The Labute approximate surface area is 244 Å². The van der Waals surface area contributed by atoms with Gasteiger partial charge in [0.25, 0.3) is 11.5 Å². The highest BCUT2D eigenvalue weighted by Crippen LogP contribution is 2.55. The van der Waals surface area contributed by atoms with E-state index in [0.717, 1.165) is 42.1 Å². The molecular formula is C32H40F2N4O4. The van der Waals surface area contributed by atoms with Crippen molar-refractivity contribution < 1.29 is 23.0 Å². The first kappa shape index (κ1) is 30.1. The summed E-state index contributed by atoms with van der Waals surface area (Å²) in [5.74, 6) is -0.370. The van der Waals surface area contributed by atoms with Gasteiger partial charge in [-0.25, -0.2) is 0 Å². The van der Waals surface area contributed by atoms with E-state index in [1.54, 1.807) is 16.7 Å².